The fraction of sp³-hybridized carbons (Fsp3) is 0.250. The van der Waals surface area contributed by atoms with E-state index >= 15 is 0 Å². The van der Waals surface area contributed by atoms with Crippen molar-refractivity contribution in [2.75, 3.05) is 13.2 Å². The van der Waals surface area contributed by atoms with Gasteiger partial charge in [-0.1, -0.05) is 13.0 Å². The number of halogens is 4. The quantitative estimate of drug-likeness (QED) is 0.450. The molecular weight excluding hydrogens is 538 g/mol. The normalized spacial score (nSPS) is 15.8. The molecule has 12 heteroatoms. The third-order valence-electron chi connectivity index (χ3n) is 5.19. The van der Waals surface area contributed by atoms with Crippen LogP contribution in [0.2, 0.25) is 0 Å². The van der Waals surface area contributed by atoms with Crippen molar-refractivity contribution in [1.82, 2.24) is 30.4 Å². The highest BCUT2D eigenvalue weighted by molar-refractivity contribution is 14.0. The Bertz CT molecular complexity index is 1140. The Morgan fingerprint density at radius 2 is 1.84 bits per heavy atom. The predicted octanol–water partition coefficient (Wildman–Crippen LogP) is 2.77. The first-order valence-electron chi connectivity index (χ1n) is 9.34. The lowest BCUT2D eigenvalue weighted by Crippen LogP contribution is -2.47. The van der Waals surface area contributed by atoms with Crippen LogP contribution in [0.4, 0.5) is 13.2 Å². The van der Waals surface area contributed by atoms with Crippen molar-refractivity contribution in [2.24, 2.45) is 4.99 Å². The van der Waals surface area contributed by atoms with Crippen LogP contribution in [0.3, 0.4) is 0 Å². The van der Waals surface area contributed by atoms with Crippen molar-refractivity contribution in [1.29, 1.82) is 0 Å². The molecule has 4 rings (SSSR count). The largest absolute Gasteiger partial charge is 0.383 e. The standard InChI is InChI=1S/C20H18F3N7O.HI/c1-12(18-16(22)5-24-8-27-18)20(31,7-30-11-26-10-29-30)15-3-2-13(21)4-14(15)19-17(23)6-25-9-28-19;/h2-6,8-9,11-12,29,31H,7,10H2,1H3;1H/t12-,20+;/m0./s1. The molecule has 168 valence electrons. The molecule has 2 atom stereocenters. The molecule has 0 fully saturated rings. The molecule has 1 aromatic carbocycles. The SMILES string of the molecule is C[C@@H](c1ncncc1F)[C@](O)(CN1C=NCN1)c1ccc(F)cc1-c1ncncc1F.I. The number of nitrogens with zero attached hydrogens (tertiary/aromatic N) is 6. The predicted molar refractivity (Wildman–Crippen MR) is 120 cm³/mol. The number of nitrogens with one attached hydrogen (secondary N) is 1. The van der Waals surface area contributed by atoms with Gasteiger partial charge in [-0.25, -0.2) is 38.5 Å². The van der Waals surface area contributed by atoms with Gasteiger partial charge in [-0.15, -0.1) is 24.0 Å². The summed E-state index contributed by atoms with van der Waals surface area (Å²) in [6.45, 7) is 1.75. The van der Waals surface area contributed by atoms with Crippen LogP contribution in [-0.2, 0) is 5.60 Å². The summed E-state index contributed by atoms with van der Waals surface area (Å²) in [6.07, 6.45) is 5.69. The van der Waals surface area contributed by atoms with E-state index in [1.54, 1.807) is 6.92 Å². The minimum atomic E-state index is -1.86. The summed E-state index contributed by atoms with van der Waals surface area (Å²) in [5.74, 6) is -3.10. The number of rotatable bonds is 6. The van der Waals surface area contributed by atoms with Crippen LogP contribution in [0, 0.1) is 17.5 Å². The van der Waals surface area contributed by atoms with Crippen LogP contribution in [0.5, 0.6) is 0 Å². The van der Waals surface area contributed by atoms with Crippen molar-refractivity contribution >= 4 is 30.3 Å². The Kier molecular flexibility index (Phi) is 7.36. The summed E-state index contributed by atoms with van der Waals surface area (Å²) < 4.78 is 43.2. The summed E-state index contributed by atoms with van der Waals surface area (Å²) in [6, 6.07) is 3.53. The fourth-order valence-corrected chi connectivity index (χ4v) is 3.59. The molecule has 0 saturated carbocycles. The Hall–Kier alpha value is -2.71. The molecule has 2 N–H and O–H groups in total. The molecule has 32 heavy (non-hydrogen) atoms. The first kappa shape index (κ1) is 23.9. The van der Waals surface area contributed by atoms with Gasteiger partial charge in [0.1, 0.15) is 42.8 Å². The highest BCUT2D eigenvalue weighted by atomic mass is 127. The van der Waals surface area contributed by atoms with E-state index in [1.807, 2.05) is 0 Å². The molecule has 0 spiro atoms. The second-order valence-corrected chi connectivity index (χ2v) is 7.05. The zero-order valence-corrected chi connectivity index (χ0v) is 19.1. The number of β-amino-alcohol motifs (C(OH)–C–C–N with tert-alkyl or cyclic N) is 1. The minimum absolute atomic E-state index is 0. The van der Waals surface area contributed by atoms with Crippen molar-refractivity contribution in [3.63, 3.8) is 0 Å². The Morgan fingerprint density at radius 1 is 1.12 bits per heavy atom. The lowest BCUT2D eigenvalue weighted by atomic mass is 9.77. The van der Waals surface area contributed by atoms with Crippen LogP contribution in [0.25, 0.3) is 11.3 Å². The van der Waals surface area contributed by atoms with E-state index in [4.69, 9.17) is 0 Å². The van der Waals surface area contributed by atoms with Crippen molar-refractivity contribution < 1.29 is 18.3 Å². The first-order valence-corrected chi connectivity index (χ1v) is 9.34. The van der Waals surface area contributed by atoms with Gasteiger partial charge < -0.3 is 5.11 Å². The lowest BCUT2D eigenvalue weighted by Gasteiger charge is -2.38. The number of aliphatic hydroxyl groups is 1. The first-order chi connectivity index (χ1) is 14.9. The Morgan fingerprint density at radius 3 is 2.50 bits per heavy atom. The van der Waals surface area contributed by atoms with Crippen molar-refractivity contribution in [3.05, 3.63) is 72.0 Å². The van der Waals surface area contributed by atoms with Crippen LogP contribution in [0.15, 0.2) is 48.2 Å². The zero-order valence-electron chi connectivity index (χ0n) is 16.8. The van der Waals surface area contributed by atoms with Gasteiger partial charge in [0.05, 0.1) is 24.6 Å². The molecular formula is C20H19F3IN7O. The number of hydrazine groups is 1. The van der Waals surface area contributed by atoms with E-state index in [2.05, 4.69) is 30.4 Å². The van der Waals surface area contributed by atoms with Gasteiger partial charge >= 0.3 is 0 Å². The maximum absolute atomic E-state index is 14.5. The molecule has 0 aliphatic carbocycles. The number of hydrogen-bond donors (Lipinski definition) is 2. The van der Waals surface area contributed by atoms with Gasteiger partial charge in [-0.3, -0.25) is 10.0 Å². The maximum atomic E-state index is 14.5. The third-order valence-corrected chi connectivity index (χ3v) is 5.19. The molecule has 3 heterocycles. The smallest absolute Gasteiger partial charge is 0.167 e. The summed E-state index contributed by atoms with van der Waals surface area (Å²) >= 11 is 0. The Labute approximate surface area is 198 Å². The fourth-order valence-electron chi connectivity index (χ4n) is 3.59. The van der Waals surface area contributed by atoms with Gasteiger partial charge in [0.15, 0.2) is 11.6 Å². The lowest BCUT2D eigenvalue weighted by molar-refractivity contribution is -0.0135. The maximum Gasteiger partial charge on any atom is 0.167 e. The molecule has 0 bridgehead atoms. The van der Waals surface area contributed by atoms with Gasteiger partial charge in [0.25, 0.3) is 0 Å². The van der Waals surface area contributed by atoms with Gasteiger partial charge in [0, 0.05) is 11.5 Å². The molecule has 0 radical (unpaired) electrons. The summed E-state index contributed by atoms with van der Waals surface area (Å²) in [5.41, 5.74) is 0.983. The van der Waals surface area contributed by atoms with E-state index in [1.165, 1.54) is 23.7 Å². The zero-order chi connectivity index (χ0) is 22.0. The molecule has 1 aliphatic heterocycles. The molecule has 0 saturated heterocycles. The molecule has 3 aromatic rings. The molecule has 0 amide bonds. The minimum Gasteiger partial charge on any atom is -0.383 e. The monoisotopic (exact) mass is 557 g/mol. The second-order valence-electron chi connectivity index (χ2n) is 7.05. The van der Waals surface area contributed by atoms with Crippen LogP contribution in [-0.4, -0.2) is 49.6 Å². The average Bonchev–Trinajstić information content (AvgIpc) is 3.26. The van der Waals surface area contributed by atoms with Gasteiger partial charge in [0.2, 0.25) is 0 Å². The number of hydrogen-bond acceptors (Lipinski definition) is 8. The molecule has 1 aliphatic rings. The van der Waals surface area contributed by atoms with Gasteiger partial charge in [-0.05, 0) is 17.7 Å². The van der Waals surface area contributed by atoms with Crippen molar-refractivity contribution in [2.45, 2.75) is 18.4 Å². The van der Waals surface area contributed by atoms with E-state index in [0.717, 1.165) is 30.9 Å². The van der Waals surface area contributed by atoms with Gasteiger partial charge in [-0.2, -0.15) is 0 Å². The summed E-state index contributed by atoms with van der Waals surface area (Å²) in [7, 11) is 0. The second kappa shape index (κ2) is 9.83. The number of benzene rings is 1. The molecule has 0 unspecified atom stereocenters. The van der Waals surface area contributed by atoms with Crippen LogP contribution < -0.4 is 5.43 Å². The topological polar surface area (TPSA) is 99.4 Å². The third kappa shape index (κ3) is 4.56. The summed E-state index contributed by atoms with van der Waals surface area (Å²) in [4.78, 5) is 19.2. The van der Waals surface area contributed by atoms with Crippen LogP contribution >= 0.6 is 24.0 Å². The number of aromatic nitrogens is 4. The van der Waals surface area contributed by atoms with Crippen LogP contribution in [0.1, 0.15) is 24.1 Å². The Balaban J connectivity index is 0.00000289. The summed E-state index contributed by atoms with van der Waals surface area (Å²) in [5, 5.41) is 13.5. The van der Waals surface area contributed by atoms with E-state index in [0.29, 0.717) is 6.67 Å². The van der Waals surface area contributed by atoms with E-state index in [9.17, 15) is 18.3 Å². The molecule has 2 aromatic heterocycles. The van der Waals surface area contributed by atoms with E-state index < -0.39 is 29.0 Å². The average molecular weight is 557 g/mol. The van der Waals surface area contributed by atoms with E-state index in [-0.39, 0.29) is 53.0 Å². The highest BCUT2D eigenvalue weighted by Crippen LogP contribution is 2.42. The highest BCUT2D eigenvalue weighted by Gasteiger charge is 2.43. The number of aliphatic imine (C=N–C) groups is 1. The molecule has 8 nitrogen and oxygen atoms in total. The van der Waals surface area contributed by atoms with Crippen molar-refractivity contribution in [3.8, 4) is 11.3 Å².